The molecule has 1 aliphatic rings. The minimum atomic E-state index is -0.894. The normalized spacial score (nSPS) is 16.6. The first-order valence-corrected chi connectivity index (χ1v) is 8.36. The average Bonchev–Trinajstić information content (AvgIpc) is 2.70. The van der Waals surface area contributed by atoms with E-state index in [1.165, 1.54) is 22.7 Å². The number of carbonyl (C=O) groups is 2. The van der Waals surface area contributed by atoms with Crippen LogP contribution in [0.15, 0.2) is 27.6 Å². The molecule has 1 fully saturated rings. The number of aromatic hydroxyl groups is 1. The molecular formula is C14H12BrNO4S2. The fraction of sp³-hybridized carbons (Fsp3) is 0.214. The molecule has 2 rings (SSSR count). The van der Waals surface area contributed by atoms with E-state index in [9.17, 15) is 14.7 Å². The number of phenols is 1. The summed E-state index contributed by atoms with van der Waals surface area (Å²) in [7, 11) is 0. The predicted molar refractivity (Wildman–Crippen MR) is 92.6 cm³/mol. The number of amides is 1. The Morgan fingerprint density at radius 2 is 2.18 bits per heavy atom. The van der Waals surface area contributed by atoms with Gasteiger partial charge in [-0.25, -0.2) is 0 Å². The van der Waals surface area contributed by atoms with Crippen molar-refractivity contribution in [2.24, 2.45) is 0 Å². The monoisotopic (exact) mass is 401 g/mol. The van der Waals surface area contributed by atoms with Crippen LogP contribution in [0.5, 0.6) is 5.75 Å². The maximum atomic E-state index is 12.3. The highest BCUT2D eigenvalue weighted by Gasteiger charge is 2.31. The SMILES string of the molecule is O=C(O)CCCN1C(=O)/C(=C\c2ccc(O)c(Br)c2)SC1=S. The third-order valence-corrected chi connectivity index (χ3v) is 4.93. The van der Waals surface area contributed by atoms with Crippen LogP contribution in [0.4, 0.5) is 0 Å². The van der Waals surface area contributed by atoms with Crippen molar-refractivity contribution in [3.63, 3.8) is 0 Å². The molecule has 22 heavy (non-hydrogen) atoms. The molecule has 2 N–H and O–H groups in total. The number of nitrogens with zero attached hydrogens (tertiary/aromatic N) is 1. The fourth-order valence-corrected chi connectivity index (χ4v) is 3.55. The Balaban J connectivity index is 2.11. The summed E-state index contributed by atoms with van der Waals surface area (Å²) in [6, 6.07) is 4.92. The zero-order valence-electron chi connectivity index (χ0n) is 11.3. The summed E-state index contributed by atoms with van der Waals surface area (Å²) in [5, 5.41) is 18.1. The standard InChI is InChI=1S/C14H12BrNO4S2/c15-9-6-8(3-4-10(9)17)7-11-13(20)16(14(21)22-11)5-1-2-12(18)19/h3-4,6-7,17H,1-2,5H2,(H,18,19)/b11-7+. The quantitative estimate of drug-likeness (QED) is 0.582. The van der Waals surface area contributed by atoms with Crippen molar-refractivity contribution < 1.29 is 19.8 Å². The van der Waals surface area contributed by atoms with E-state index in [4.69, 9.17) is 17.3 Å². The number of hydrogen-bond acceptors (Lipinski definition) is 5. The van der Waals surface area contributed by atoms with Crippen molar-refractivity contribution >= 4 is 62.2 Å². The molecular weight excluding hydrogens is 390 g/mol. The van der Waals surface area contributed by atoms with Gasteiger partial charge < -0.3 is 10.2 Å². The number of hydrogen-bond donors (Lipinski definition) is 2. The van der Waals surface area contributed by atoms with Gasteiger partial charge in [-0.1, -0.05) is 30.0 Å². The molecule has 1 aromatic carbocycles. The molecule has 1 aliphatic heterocycles. The molecule has 0 atom stereocenters. The van der Waals surface area contributed by atoms with Gasteiger partial charge in [0.05, 0.1) is 9.38 Å². The van der Waals surface area contributed by atoms with E-state index in [2.05, 4.69) is 15.9 Å². The van der Waals surface area contributed by atoms with Crippen LogP contribution in [0.2, 0.25) is 0 Å². The van der Waals surface area contributed by atoms with E-state index in [1.54, 1.807) is 18.2 Å². The first kappa shape index (κ1) is 17.0. The van der Waals surface area contributed by atoms with Crippen LogP contribution in [0, 0.1) is 0 Å². The first-order chi connectivity index (χ1) is 10.4. The Morgan fingerprint density at radius 3 is 2.82 bits per heavy atom. The number of phenolic OH excluding ortho intramolecular Hbond substituents is 1. The minimum Gasteiger partial charge on any atom is -0.507 e. The van der Waals surface area contributed by atoms with Crippen molar-refractivity contribution in [2.75, 3.05) is 6.54 Å². The molecule has 5 nitrogen and oxygen atoms in total. The number of thiocarbonyl (C=S) groups is 1. The van der Waals surface area contributed by atoms with Crippen LogP contribution in [0.25, 0.3) is 6.08 Å². The maximum absolute atomic E-state index is 12.3. The summed E-state index contributed by atoms with van der Waals surface area (Å²) in [5.74, 6) is -0.988. The lowest BCUT2D eigenvalue weighted by atomic mass is 10.2. The van der Waals surface area contributed by atoms with Gasteiger partial charge in [-0.05, 0) is 46.1 Å². The smallest absolute Gasteiger partial charge is 0.303 e. The van der Waals surface area contributed by atoms with Crippen LogP contribution in [0.1, 0.15) is 18.4 Å². The second-order valence-electron chi connectivity index (χ2n) is 4.54. The molecule has 0 spiro atoms. The van der Waals surface area contributed by atoms with Crippen LogP contribution in [0.3, 0.4) is 0 Å². The zero-order valence-corrected chi connectivity index (χ0v) is 14.5. The van der Waals surface area contributed by atoms with Crippen LogP contribution in [-0.2, 0) is 9.59 Å². The molecule has 0 bridgehead atoms. The van der Waals surface area contributed by atoms with E-state index in [0.717, 1.165) is 5.56 Å². The number of carboxylic acids is 1. The summed E-state index contributed by atoms with van der Waals surface area (Å²) in [4.78, 5) is 24.7. The largest absolute Gasteiger partial charge is 0.507 e. The molecule has 0 aromatic heterocycles. The predicted octanol–water partition coefficient (Wildman–Crippen LogP) is 3.22. The van der Waals surface area contributed by atoms with Gasteiger partial charge in [0, 0.05) is 13.0 Å². The number of halogens is 1. The Labute approximate surface area is 145 Å². The van der Waals surface area contributed by atoms with Gasteiger partial charge in [0.2, 0.25) is 0 Å². The third-order valence-electron chi connectivity index (χ3n) is 2.92. The zero-order chi connectivity index (χ0) is 16.3. The Bertz CT molecular complexity index is 675. The summed E-state index contributed by atoms with van der Waals surface area (Å²) in [5.41, 5.74) is 0.760. The number of aliphatic carboxylic acids is 1. The van der Waals surface area contributed by atoms with E-state index in [0.29, 0.717) is 26.7 Å². The summed E-state index contributed by atoms with van der Waals surface area (Å²) in [6.45, 7) is 0.299. The fourth-order valence-electron chi connectivity index (χ4n) is 1.85. The van der Waals surface area contributed by atoms with Crippen LogP contribution >= 0.6 is 39.9 Å². The highest BCUT2D eigenvalue weighted by atomic mass is 79.9. The van der Waals surface area contributed by atoms with E-state index in [-0.39, 0.29) is 18.1 Å². The van der Waals surface area contributed by atoms with E-state index >= 15 is 0 Å². The van der Waals surface area contributed by atoms with E-state index in [1.807, 2.05) is 0 Å². The lowest BCUT2D eigenvalue weighted by molar-refractivity contribution is -0.137. The number of carbonyl (C=O) groups excluding carboxylic acids is 1. The third kappa shape index (κ3) is 4.08. The average molecular weight is 402 g/mol. The van der Waals surface area contributed by atoms with Crippen molar-refractivity contribution in [1.29, 1.82) is 0 Å². The maximum Gasteiger partial charge on any atom is 0.303 e. The molecule has 1 heterocycles. The Kier molecular flexibility index (Phi) is 5.60. The highest BCUT2D eigenvalue weighted by molar-refractivity contribution is 9.10. The molecule has 0 aliphatic carbocycles. The molecule has 116 valence electrons. The summed E-state index contributed by atoms with van der Waals surface area (Å²) < 4.78 is 0.970. The summed E-state index contributed by atoms with van der Waals surface area (Å²) >= 11 is 9.58. The molecule has 0 unspecified atom stereocenters. The van der Waals surface area contributed by atoms with Gasteiger partial charge in [-0.3, -0.25) is 14.5 Å². The van der Waals surface area contributed by atoms with Crippen LogP contribution < -0.4 is 0 Å². The molecule has 1 saturated heterocycles. The molecule has 1 amide bonds. The lowest BCUT2D eigenvalue weighted by Gasteiger charge is -2.13. The molecule has 0 saturated carbocycles. The Morgan fingerprint density at radius 1 is 1.45 bits per heavy atom. The number of thioether (sulfide) groups is 1. The topological polar surface area (TPSA) is 77.8 Å². The molecule has 1 aromatic rings. The number of benzene rings is 1. The van der Waals surface area contributed by atoms with Crippen molar-refractivity contribution in [2.45, 2.75) is 12.8 Å². The van der Waals surface area contributed by atoms with Crippen LogP contribution in [-0.4, -0.2) is 37.9 Å². The summed E-state index contributed by atoms with van der Waals surface area (Å²) in [6.07, 6.45) is 2.06. The lowest BCUT2D eigenvalue weighted by Crippen LogP contribution is -2.29. The first-order valence-electron chi connectivity index (χ1n) is 6.34. The second-order valence-corrected chi connectivity index (χ2v) is 7.07. The Hall–Kier alpha value is -1.38. The minimum absolute atomic E-state index is 0.00101. The van der Waals surface area contributed by atoms with E-state index < -0.39 is 5.97 Å². The molecule has 0 radical (unpaired) electrons. The van der Waals surface area contributed by atoms with Gasteiger partial charge in [-0.15, -0.1) is 0 Å². The highest BCUT2D eigenvalue weighted by Crippen LogP contribution is 2.34. The van der Waals surface area contributed by atoms with Crippen molar-refractivity contribution in [3.05, 3.63) is 33.1 Å². The van der Waals surface area contributed by atoms with Crippen molar-refractivity contribution in [1.82, 2.24) is 4.90 Å². The second kappa shape index (κ2) is 7.26. The van der Waals surface area contributed by atoms with Gasteiger partial charge in [0.25, 0.3) is 5.91 Å². The van der Waals surface area contributed by atoms with Gasteiger partial charge in [0.1, 0.15) is 10.1 Å². The van der Waals surface area contributed by atoms with Gasteiger partial charge in [0.15, 0.2) is 0 Å². The molecule has 8 heteroatoms. The van der Waals surface area contributed by atoms with Crippen molar-refractivity contribution in [3.8, 4) is 5.75 Å². The number of rotatable bonds is 5. The van der Waals surface area contributed by atoms with Gasteiger partial charge >= 0.3 is 5.97 Å². The number of carboxylic acid groups (broad SMARTS) is 1. The van der Waals surface area contributed by atoms with Gasteiger partial charge in [-0.2, -0.15) is 0 Å².